The molecule has 1 aromatic carbocycles. The van der Waals surface area contributed by atoms with E-state index >= 15 is 0 Å². The Morgan fingerprint density at radius 2 is 1.96 bits per heavy atom. The number of nitrogens with one attached hydrogen (secondary N) is 1. The van der Waals surface area contributed by atoms with Crippen LogP contribution in [0.5, 0.6) is 0 Å². The second-order valence-electron chi connectivity index (χ2n) is 7.59. The molecular weight excluding hydrogens is 298 g/mol. The maximum absolute atomic E-state index is 12.6. The number of carbonyl (C=O) groups is 1. The van der Waals surface area contributed by atoms with E-state index in [1.54, 1.807) is 4.68 Å². The molecule has 0 aliphatic heterocycles. The van der Waals surface area contributed by atoms with Crippen molar-refractivity contribution >= 4 is 5.91 Å². The summed E-state index contributed by atoms with van der Waals surface area (Å²) in [6, 6.07) is 12.4. The third-order valence-corrected chi connectivity index (χ3v) is 5.46. The summed E-state index contributed by atoms with van der Waals surface area (Å²) >= 11 is 0. The van der Waals surface area contributed by atoms with Crippen molar-refractivity contribution in [2.75, 3.05) is 6.54 Å². The molecule has 1 heterocycles. The SMILES string of the molecule is CCCc1cc(C(=O)NCC2(c3ccccc3)CC2(C)C)n(C)n1. The van der Waals surface area contributed by atoms with Gasteiger partial charge in [-0.15, -0.1) is 0 Å². The maximum Gasteiger partial charge on any atom is 0.269 e. The van der Waals surface area contributed by atoms with Crippen LogP contribution < -0.4 is 5.32 Å². The molecule has 0 bridgehead atoms. The quantitative estimate of drug-likeness (QED) is 0.884. The summed E-state index contributed by atoms with van der Waals surface area (Å²) in [6.45, 7) is 7.33. The summed E-state index contributed by atoms with van der Waals surface area (Å²) in [6.07, 6.45) is 3.03. The van der Waals surface area contributed by atoms with Crippen LogP contribution in [-0.2, 0) is 18.9 Å². The molecule has 1 N–H and O–H groups in total. The van der Waals surface area contributed by atoms with Gasteiger partial charge in [-0.1, -0.05) is 57.5 Å². The second-order valence-corrected chi connectivity index (χ2v) is 7.59. The van der Waals surface area contributed by atoms with Gasteiger partial charge < -0.3 is 5.32 Å². The van der Waals surface area contributed by atoms with Gasteiger partial charge in [0.2, 0.25) is 0 Å². The smallest absolute Gasteiger partial charge is 0.269 e. The highest BCUT2D eigenvalue weighted by Crippen LogP contribution is 2.63. The van der Waals surface area contributed by atoms with Crippen molar-refractivity contribution in [3.8, 4) is 0 Å². The first kappa shape index (κ1) is 16.7. The van der Waals surface area contributed by atoms with Gasteiger partial charge in [0.05, 0.1) is 5.69 Å². The lowest BCUT2D eigenvalue weighted by Crippen LogP contribution is -2.35. The molecule has 1 aliphatic carbocycles. The van der Waals surface area contributed by atoms with E-state index in [2.05, 4.69) is 55.5 Å². The van der Waals surface area contributed by atoms with E-state index in [4.69, 9.17) is 0 Å². The lowest BCUT2D eigenvalue weighted by molar-refractivity contribution is 0.0938. The molecule has 4 heteroatoms. The minimum atomic E-state index is -0.0367. The Balaban J connectivity index is 1.74. The number of aryl methyl sites for hydroxylation is 2. The molecule has 1 fully saturated rings. The van der Waals surface area contributed by atoms with Gasteiger partial charge in [-0.3, -0.25) is 9.48 Å². The molecule has 2 aromatic rings. The van der Waals surface area contributed by atoms with Crippen LogP contribution in [0.3, 0.4) is 0 Å². The molecule has 1 amide bonds. The number of benzene rings is 1. The summed E-state index contributed by atoms with van der Waals surface area (Å²) in [5.74, 6) is -0.0367. The van der Waals surface area contributed by atoms with Crippen LogP contribution in [0.2, 0.25) is 0 Å². The van der Waals surface area contributed by atoms with Crippen LogP contribution in [0.4, 0.5) is 0 Å². The zero-order chi connectivity index (χ0) is 17.4. The van der Waals surface area contributed by atoms with E-state index in [1.165, 1.54) is 5.56 Å². The van der Waals surface area contributed by atoms with Crippen molar-refractivity contribution in [1.29, 1.82) is 0 Å². The molecule has 3 rings (SSSR count). The summed E-state index contributed by atoms with van der Waals surface area (Å²) in [5.41, 5.74) is 3.18. The maximum atomic E-state index is 12.6. The molecule has 0 radical (unpaired) electrons. The van der Waals surface area contributed by atoms with Crippen LogP contribution >= 0.6 is 0 Å². The molecule has 0 saturated heterocycles. The predicted molar refractivity (Wildman–Crippen MR) is 96.1 cm³/mol. The fraction of sp³-hybridized carbons (Fsp3) is 0.500. The van der Waals surface area contributed by atoms with Crippen molar-refractivity contribution in [2.45, 2.75) is 45.4 Å². The van der Waals surface area contributed by atoms with Crippen LogP contribution in [0.1, 0.15) is 55.4 Å². The van der Waals surface area contributed by atoms with Gasteiger partial charge in [0.15, 0.2) is 0 Å². The Morgan fingerprint density at radius 1 is 1.29 bits per heavy atom. The number of hydrogen-bond acceptors (Lipinski definition) is 2. The van der Waals surface area contributed by atoms with Gasteiger partial charge in [-0.05, 0) is 29.9 Å². The normalized spacial score (nSPS) is 21.5. The van der Waals surface area contributed by atoms with Gasteiger partial charge >= 0.3 is 0 Å². The molecule has 1 aromatic heterocycles. The predicted octanol–water partition coefficient (Wildman–Crippen LogP) is 3.47. The summed E-state index contributed by atoms with van der Waals surface area (Å²) in [4.78, 5) is 12.6. The lowest BCUT2D eigenvalue weighted by atomic mass is 9.88. The van der Waals surface area contributed by atoms with Gasteiger partial charge in [-0.2, -0.15) is 5.10 Å². The minimum absolute atomic E-state index is 0.0365. The molecule has 4 nitrogen and oxygen atoms in total. The van der Waals surface area contributed by atoms with Crippen LogP contribution in [0.25, 0.3) is 0 Å². The summed E-state index contributed by atoms with van der Waals surface area (Å²) in [5, 5.41) is 7.58. The average molecular weight is 325 g/mol. The molecule has 1 aliphatic rings. The van der Waals surface area contributed by atoms with E-state index in [0.717, 1.165) is 25.0 Å². The first-order valence-corrected chi connectivity index (χ1v) is 8.76. The number of carbonyl (C=O) groups excluding carboxylic acids is 1. The van der Waals surface area contributed by atoms with Crippen LogP contribution in [0, 0.1) is 5.41 Å². The molecule has 1 saturated carbocycles. The highest BCUT2D eigenvalue weighted by molar-refractivity contribution is 5.92. The number of rotatable bonds is 6. The Kier molecular flexibility index (Phi) is 4.24. The molecule has 0 spiro atoms. The first-order valence-electron chi connectivity index (χ1n) is 8.76. The summed E-state index contributed by atoms with van der Waals surface area (Å²) < 4.78 is 1.69. The van der Waals surface area contributed by atoms with E-state index in [0.29, 0.717) is 12.2 Å². The van der Waals surface area contributed by atoms with Crippen LogP contribution in [-0.4, -0.2) is 22.2 Å². The van der Waals surface area contributed by atoms with Crippen LogP contribution in [0.15, 0.2) is 36.4 Å². The van der Waals surface area contributed by atoms with Gasteiger partial charge in [0, 0.05) is 19.0 Å². The zero-order valence-corrected chi connectivity index (χ0v) is 15.1. The van der Waals surface area contributed by atoms with Crippen molar-refractivity contribution in [2.24, 2.45) is 12.5 Å². The highest BCUT2D eigenvalue weighted by Gasteiger charge is 2.61. The fourth-order valence-electron chi connectivity index (χ4n) is 3.80. The Morgan fingerprint density at radius 3 is 2.54 bits per heavy atom. The Labute approximate surface area is 144 Å². The first-order chi connectivity index (χ1) is 11.4. The topological polar surface area (TPSA) is 46.9 Å². The third-order valence-electron chi connectivity index (χ3n) is 5.46. The molecular formula is C20H27N3O. The third kappa shape index (κ3) is 2.85. The Hall–Kier alpha value is -2.10. The standard InChI is InChI=1S/C20H27N3O/c1-5-9-16-12-17(23(4)22-16)18(24)21-14-20(13-19(20,2)3)15-10-7-6-8-11-15/h6-8,10-12H,5,9,13-14H2,1-4H3,(H,21,24). The number of hydrogen-bond donors (Lipinski definition) is 1. The van der Waals surface area contributed by atoms with E-state index in [9.17, 15) is 4.79 Å². The number of nitrogens with zero attached hydrogens (tertiary/aromatic N) is 2. The zero-order valence-electron chi connectivity index (χ0n) is 15.1. The van der Waals surface area contributed by atoms with E-state index in [1.807, 2.05) is 19.2 Å². The monoisotopic (exact) mass is 325 g/mol. The molecule has 1 unspecified atom stereocenters. The van der Waals surface area contributed by atoms with Crippen molar-refractivity contribution in [3.05, 3.63) is 53.3 Å². The summed E-state index contributed by atoms with van der Waals surface area (Å²) in [7, 11) is 1.84. The molecule has 128 valence electrons. The molecule has 24 heavy (non-hydrogen) atoms. The van der Waals surface area contributed by atoms with E-state index < -0.39 is 0 Å². The van der Waals surface area contributed by atoms with E-state index in [-0.39, 0.29) is 16.7 Å². The van der Waals surface area contributed by atoms with Gasteiger partial charge in [0.1, 0.15) is 5.69 Å². The highest BCUT2D eigenvalue weighted by atomic mass is 16.2. The largest absolute Gasteiger partial charge is 0.350 e. The van der Waals surface area contributed by atoms with Crippen molar-refractivity contribution < 1.29 is 4.79 Å². The second kappa shape index (κ2) is 6.08. The van der Waals surface area contributed by atoms with Crippen molar-refractivity contribution in [3.63, 3.8) is 0 Å². The molecule has 1 atom stereocenters. The average Bonchev–Trinajstić information content (AvgIpc) is 2.93. The van der Waals surface area contributed by atoms with Gasteiger partial charge in [0.25, 0.3) is 5.91 Å². The van der Waals surface area contributed by atoms with Gasteiger partial charge in [-0.25, -0.2) is 0 Å². The fourth-order valence-corrected chi connectivity index (χ4v) is 3.80. The lowest BCUT2D eigenvalue weighted by Gasteiger charge is -2.22. The minimum Gasteiger partial charge on any atom is -0.350 e. The Bertz CT molecular complexity index is 733. The number of amides is 1. The number of aromatic nitrogens is 2. The van der Waals surface area contributed by atoms with Crippen molar-refractivity contribution in [1.82, 2.24) is 15.1 Å².